The number of aliphatic hydroxyl groups is 1. The highest BCUT2D eigenvalue weighted by Gasteiger charge is 2.16. The van der Waals surface area contributed by atoms with Crippen LogP contribution in [-0.2, 0) is 19.6 Å². The van der Waals surface area contributed by atoms with E-state index in [4.69, 9.17) is 9.29 Å². The third-order valence-corrected chi connectivity index (χ3v) is 5.19. The zero-order chi connectivity index (χ0) is 20.5. The van der Waals surface area contributed by atoms with Gasteiger partial charge in [0.15, 0.2) is 0 Å². The Hall–Kier alpha value is -0.700. The molecule has 0 radical (unpaired) electrons. The molecule has 7 nitrogen and oxygen atoms in total. The highest BCUT2D eigenvalue weighted by atomic mass is 32.2. The highest BCUT2D eigenvalue weighted by molar-refractivity contribution is 7.85. The summed E-state index contributed by atoms with van der Waals surface area (Å²) in [6.07, 6.45) is 11.3. The number of aliphatic hydroxyl groups excluding tert-OH is 1. The SMILES string of the molecule is CCCCCCCCCCCCOC(=O)CCN(C)CC(O)CS(=O)(=O)O. The van der Waals surface area contributed by atoms with Gasteiger partial charge in [0.05, 0.1) is 19.1 Å². The molecule has 0 saturated carbocycles. The van der Waals surface area contributed by atoms with Crippen molar-refractivity contribution in [2.24, 2.45) is 0 Å². The van der Waals surface area contributed by atoms with E-state index < -0.39 is 22.0 Å². The van der Waals surface area contributed by atoms with Crippen LogP contribution in [0.3, 0.4) is 0 Å². The number of carbonyl (C=O) groups is 1. The second-order valence-corrected chi connectivity index (χ2v) is 8.81. The molecule has 8 heteroatoms. The van der Waals surface area contributed by atoms with Gasteiger partial charge in [-0.15, -0.1) is 0 Å². The first-order valence-electron chi connectivity index (χ1n) is 10.2. The third-order valence-electron chi connectivity index (χ3n) is 4.38. The van der Waals surface area contributed by atoms with E-state index in [0.717, 1.165) is 12.8 Å². The van der Waals surface area contributed by atoms with Gasteiger partial charge in [-0.05, 0) is 13.5 Å². The summed E-state index contributed by atoms with van der Waals surface area (Å²) < 4.78 is 35.2. The summed E-state index contributed by atoms with van der Waals surface area (Å²) in [5.41, 5.74) is 0. The van der Waals surface area contributed by atoms with Crippen molar-refractivity contribution in [1.82, 2.24) is 4.90 Å². The van der Waals surface area contributed by atoms with Gasteiger partial charge in [-0.2, -0.15) is 8.42 Å². The number of carbonyl (C=O) groups excluding carboxylic acids is 1. The van der Waals surface area contributed by atoms with E-state index in [1.165, 1.54) is 51.4 Å². The zero-order valence-electron chi connectivity index (χ0n) is 17.1. The molecule has 0 amide bonds. The number of esters is 1. The first-order valence-corrected chi connectivity index (χ1v) is 11.8. The Balaban J connectivity index is 3.51. The third kappa shape index (κ3) is 19.9. The molecule has 0 bridgehead atoms. The van der Waals surface area contributed by atoms with E-state index in [-0.39, 0.29) is 18.9 Å². The monoisotopic (exact) mass is 409 g/mol. The highest BCUT2D eigenvalue weighted by Crippen LogP contribution is 2.10. The topological polar surface area (TPSA) is 104 Å². The lowest BCUT2D eigenvalue weighted by Gasteiger charge is -2.19. The fourth-order valence-corrected chi connectivity index (χ4v) is 3.47. The molecule has 0 spiro atoms. The van der Waals surface area contributed by atoms with Gasteiger partial charge < -0.3 is 14.7 Å². The van der Waals surface area contributed by atoms with Crippen molar-refractivity contribution in [2.45, 2.75) is 83.7 Å². The Labute approximate surface area is 165 Å². The lowest BCUT2D eigenvalue weighted by atomic mass is 10.1. The zero-order valence-corrected chi connectivity index (χ0v) is 17.9. The average molecular weight is 410 g/mol. The molecule has 0 aliphatic carbocycles. The average Bonchev–Trinajstić information content (AvgIpc) is 2.56. The number of unbranched alkanes of at least 4 members (excludes halogenated alkanes) is 9. The Bertz CT molecular complexity index is 469. The lowest BCUT2D eigenvalue weighted by molar-refractivity contribution is -0.144. The molecule has 27 heavy (non-hydrogen) atoms. The summed E-state index contributed by atoms with van der Waals surface area (Å²) in [6.45, 7) is 3.08. The number of likely N-dealkylation sites (N-methyl/N-ethyl adjacent to an activating group) is 1. The molecule has 0 aromatic rings. The molecule has 2 N–H and O–H groups in total. The molecular formula is C19H39NO6S. The van der Waals surface area contributed by atoms with Crippen LogP contribution < -0.4 is 0 Å². The molecular weight excluding hydrogens is 370 g/mol. The first-order chi connectivity index (χ1) is 12.7. The number of nitrogens with zero attached hydrogens (tertiary/aromatic N) is 1. The Morgan fingerprint density at radius 2 is 1.52 bits per heavy atom. The van der Waals surface area contributed by atoms with Crippen LogP contribution in [-0.4, -0.2) is 67.5 Å². The van der Waals surface area contributed by atoms with E-state index in [2.05, 4.69) is 6.92 Å². The van der Waals surface area contributed by atoms with E-state index >= 15 is 0 Å². The maximum absolute atomic E-state index is 11.7. The van der Waals surface area contributed by atoms with Crippen molar-refractivity contribution in [3.8, 4) is 0 Å². The van der Waals surface area contributed by atoms with Crippen LogP contribution in [0.15, 0.2) is 0 Å². The maximum atomic E-state index is 11.7. The molecule has 1 atom stereocenters. The predicted molar refractivity (Wildman–Crippen MR) is 107 cm³/mol. The standard InChI is InChI=1S/C19H39NO6S/c1-3-4-5-6-7-8-9-10-11-12-15-26-19(22)13-14-20(2)16-18(21)17-27(23,24)25/h18,21H,3-17H2,1-2H3,(H,23,24,25). The van der Waals surface area contributed by atoms with Gasteiger partial charge in [0.1, 0.15) is 5.75 Å². The summed E-state index contributed by atoms with van der Waals surface area (Å²) in [6, 6.07) is 0. The molecule has 0 aromatic carbocycles. The number of rotatable bonds is 18. The summed E-state index contributed by atoms with van der Waals surface area (Å²) in [7, 11) is -2.53. The largest absolute Gasteiger partial charge is 0.466 e. The van der Waals surface area contributed by atoms with Gasteiger partial charge in [-0.1, -0.05) is 64.7 Å². The van der Waals surface area contributed by atoms with E-state index in [0.29, 0.717) is 13.2 Å². The minimum absolute atomic E-state index is 0.0610. The fraction of sp³-hybridized carbons (Fsp3) is 0.947. The normalized spacial score (nSPS) is 13.1. The van der Waals surface area contributed by atoms with Crippen molar-refractivity contribution in [2.75, 3.05) is 32.5 Å². The molecule has 1 unspecified atom stereocenters. The molecule has 0 aliphatic heterocycles. The predicted octanol–water partition coefficient (Wildman–Crippen LogP) is 3.02. The summed E-state index contributed by atoms with van der Waals surface area (Å²) in [4.78, 5) is 13.3. The molecule has 0 aliphatic rings. The van der Waals surface area contributed by atoms with Gasteiger partial charge in [-0.3, -0.25) is 9.35 Å². The van der Waals surface area contributed by atoms with Crippen LogP contribution in [0.1, 0.15) is 77.6 Å². The van der Waals surface area contributed by atoms with Crippen molar-refractivity contribution in [3.05, 3.63) is 0 Å². The minimum atomic E-state index is -4.20. The number of hydrogen-bond acceptors (Lipinski definition) is 6. The van der Waals surface area contributed by atoms with Crippen LogP contribution >= 0.6 is 0 Å². The van der Waals surface area contributed by atoms with Gasteiger partial charge in [0.2, 0.25) is 0 Å². The Morgan fingerprint density at radius 3 is 2.04 bits per heavy atom. The Morgan fingerprint density at radius 1 is 1.00 bits per heavy atom. The van der Waals surface area contributed by atoms with Crippen molar-refractivity contribution in [3.63, 3.8) is 0 Å². The van der Waals surface area contributed by atoms with Gasteiger partial charge in [0, 0.05) is 13.1 Å². The first kappa shape index (κ1) is 26.3. The van der Waals surface area contributed by atoms with Crippen LogP contribution in [0.25, 0.3) is 0 Å². The van der Waals surface area contributed by atoms with E-state index in [9.17, 15) is 18.3 Å². The molecule has 0 aromatic heterocycles. The molecule has 162 valence electrons. The summed E-state index contributed by atoms with van der Waals surface area (Å²) in [5.74, 6) is -0.998. The maximum Gasteiger partial charge on any atom is 0.307 e. The van der Waals surface area contributed by atoms with E-state index in [1.807, 2.05) is 0 Å². The molecule has 0 rings (SSSR count). The second-order valence-electron chi connectivity index (χ2n) is 7.32. The van der Waals surface area contributed by atoms with Crippen LogP contribution in [0, 0.1) is 0 Å². The van der Waals surface area contributed by atoms with Crippen molar-refractivity contribution < 1.29 is 27.6 Å². The number of ether oxygens (including phenoxy) is 1. The number of hydrogen-bond donors (Lipinski definition) is 2. The van der Waals surface area contributed by atoms with Gasteiger partial charge in [0.25, 0.3) is 10.1 Å². The molecule has 0 fully saturated rings. The van der Waals surface area contributed by atoms with Crippen LogP contribution in [0.2, 0.25) is 0 Å². The van der Waals surface area contributed by atoms with Gasteiger partial charge in [-0.25, -0.2) is 0 Å². The quantitative estimate of drug-likeness (QED) is 0.204. The molecule has 0 saturated heterocycles. The minimum Gasteiger partial charge on any atom is -0.466 e. The van der Waals surface area contributed by atoms with Crippen LogP contribution in [0.4, 0.5) is 0 Å². The van der Waals surface area contributed by atoms with Crippen molar-refractivity contribution in [1.29, 1.82) is 0 Å². The lowest BCUT2D eigenvalue weighted by Crippen LogP contribution is -2.35. The smallest absolute Gasteiger partial charge is 0.307 e. The molecule has 0 heterocycles. The Kier molecular flexibility index (Phi) is 15.9. The second kappa shape index (κ2) is 16.3. The van der Waals surface area contributed by atoms with E-state index in [1.54, 1.807) is 11.9 Å². The van der Waals surface area contributed by atoms with Gasteiger partial charge >= 0.3 is 5.97 Å². The fourth-order valence-electron chi connectivity index (χ4n) is 2.88. The van der Waals surface area contributed by atoms with Crippen molar-refractivity contribution >= 4 is 16.1 Å². The summed E-state index contributed by atoms with van der Waals surface area (Å²) in [5, 5.41) is 9.54. The summed E-state index contributed by atoms with van der Waals surface area (Å²) >= 11 is 0. The van der Waals surface area contributed by atoms with Crippen LogP contribution in [0.5, 0.6) is 0 Å².